The van der Waals surface area contributed by atoms with Crippen molar-refractivity contribution in [3.05, 3.63) is 23.9 Å². The lowest BCUT2D eigenvalue weighted by Gasteiger charge is -2.45. The Morgan fingerprint density at radius 2 is 1.80 bits per heavy atom. The molecule has 1 unspecified atom stereocenters. The molecular formula is C19H28N4O2. The molecule has 0 radical (unpaired) electrons. The van der Waals surface area contributed by atoms with Crippen molar-refractivity contribution in [2.75, 3.05) is 45.2 Å². The van der Waals surface area contributed by atoms with Gasteiger partial charge in [-0.15, -0.1) is 0 Å². The van der Waals surface area contributed by atoms with Gasteiger partial charge in [0.1, 0.15) is 11.4 Å². The molecule has 4 heterocycles. The van der Waals surface area contributed by atoms with Gasteiger partial charge in [-0.25, -0.2) is 9.78 Å². The van der Waals surface area contributed by atoms with Gasteiger partial charge in [-0.05, 0) is 44.9 Å². The molecule has 0 spiro atoms. The van der Waals surface area contributed by atoms with Crippen molar-refractivity contribution in [3.63, 3.8) is 0 Å². The number of hydrogen-bond acceptors (Lipinski definition) is 6. The standard InChI is InChI=1S/C19H28N4O2/c1-21-14-5-6-15(21)13-16(12-14)22-8-10-23(11-9-22)18-17(19(24)25-2)4-3-7-20-18/h3-4,7,14-16H,5-6,8-13H2,1-2H3/t14-,15+,16?. The Balaban J connectivity index is 1.40. The van der Waals surface area contributed by atoms with Crippen LogP contribution in [0.4, 0.5) is 5.82 Å². The third-order valence-corrected chi connectivity index (χ3v) is 6.40. The predicted molar refractivity (Wildman–Crippen MR) is 97.0 cm³/mol. The number of anilines is 1. The zero-order valence-corrected chi connectivity index (χ0v) is 15.2. The number of fused-ring (bicyclic) bond motifs is 2. The summed E-state index contributed by atoms with van der Waals surface area (Å²) >= 11 is 0. The van der Waals surface area contributed by atoms with E-state index in [1.807, 2.05) is 0 Å². The van der Waals surface area contributed by atoms with Crippen LogP contribution in [0.3, 0.4) is 0 Å². The van der Waals surface area contributed by atoms with Crippen molar-refractivity contribution in [2.24, 2.45) is 0 Å². The zero-order valence-electron chi connectivity index (χ0n) is 15.2. The summed E-state index contributed by atoms with van der Waals surface area (Å²) in [5, 5.41) is 0. The fraction of sp³-hybridized carbons (Fsp3) is 0.684. The number of nitrogens with zero attached hydrogens (tertiary/aromatic N) is 4. The fourth-order valence-electron chi connectivity index (χ4n) is 4.90. The van der Waals surface area contributed by atoms with Gasteiger partial charge in [-0.3, -0.25) is 4.90 Å². The summed E-state index contributed by atoms with van der Waals surface area (Å²) in [6, 6.07) is 5.88. The number of pyridine rings is 1. The Labute approximate surface area is 149 Å². The highest BCUT2D eigenvalue weighted by molar-refractivity contribution is 5.94. The average molecular weight is 344 g/mol. The molecule has 3 saturated heterocycles. The molecule has 1 aromatic heterocycles. The SMILES string of the molecule is COC(=O)c1cccnc1N1CCN(C2C[C@H]3CC[C@@H](C2)N3C)CC1. The van der Waals surface area contributed by atoms with Crippen LogP contribution in [0.2, 0.25) is 0 Å². The molecule has 25 heavy (non-hydrogen) atoms. The van der Waals surface area contributed by atoms with Crippen molar-refractivity contribution in [3.8, 4) is 0 Å². The number of ether oxygens (including phenoxy) is 1. The first kappa shape index (κ1) is 16.8. The average Bonchev–Trinajstić information content (AvgIpc) is 2.87. The van der Waals surface area contributed by atoms with Crippen LogP contribution in [0.15, 0.2) is 18.3 Å². The minimum atomic E-state index is -0.308. The summed E-state index contributed by atoms with van der Waals surface area (Å²) in [6.07, 6.45) is 7.11. The minimum Gasteiger partial charge on any atom is -0.465 e. The maximum Gasteiger partial charge on any atom is 0.341 e. The van der Waals surface area contributed by atoms with Gasteiger partial charge in [-0.2, -0.15) is 0 Å². The topological polar surface area (TPSA) is 48.9 Å². The summed E-state index contributed by atoms with van der Waals surface area (Å²) in [5.74, 6) is 0.454. The van der Waals surface area contributed by atoms with E-state index in [2.05, 4.69) is 26.7 Å². The third-order valence-electron chi connectivity index (χ3n) is 6.40. The van der Waals surface area contributed by atoms with E-state index in [0.717, 1.165) is 50.1 Å². The van der Waals surface area contributed by atoms with Crippen molar-refractivity contribution in [1.82, 2.24) is 14.8 Å². The molecule has 2 bridgehead atoms. The molecule has 0 saturated carbocycles. The largest absolute Gasteiger partial charge is 0.465 e. The first-order valence-corrected chi connectivity index (χ1v) is 9.41. The monoisotopic (exact) mass is 344 g/mol. The van der Waals surface area contributed by atoms with E-state index in [1.54, 1.807) is 18.3 Å². The van der Waals surface area contributed by atoms with Crippen LogP contribution >= 0.6 is 0 Å². The zero-order chi connectivity index (χ0) is 17.4. The molecule has 136 valence electrons. The molecule has 0 amide bonds. The van der Waals surface area contributed by atoms with Crippen molar-refractivity contribution in [1.29, 1.82) is 0 Å². The number of rotatable bonds is 3. The predicted octanol–water partition coefficient (Wildman–Crippen LogP) is 1.62. The molecule has 1 aromatic rings. The molecule has 3 atom stereocenters. The van der Waals surface area contributed by atoms with Gasteiger partial charge in [0.15, 0.2) is 0 Å². The number of aromatic nitrogens is 1. The number of methoxy groups -OCH3 is 1. The minimum absolute atomic E-state index is 0.308. The van der Waals surface area contributed by atoms with Gasteiger partial charge >= 0.3 is 5.97 Å². The molecule has 3 aliphatic rings. The lowest BCUT2D eigenvalue weighted by Crippen LogP contribution is -2.55. The lowest BCUT2D eigenvalue weighted by molar-refractivity contribution is 0.0599. The van der Waals surface area contributed by atoms with Crippen molar-refractivity contribution in [2.45, 2.75) is 43.8 Å². The van der Waals surface area contributed by atoms with Crippen LogP contribution in [0.25, 0.3) is 0 Å². The molecular weight excluding hydrogens is 316 g/mol. The summed E-state index contributed by atoms with van der Waals surface area (Å²) in [7, 11) is 3.72. The summed E-state index contributed by atoms with van der Waals surface area (Å²) in [4.78, 5) is 23.9. The molecule has 4 rings (SSSR count). The highest BCUT2D eigenvalue weighted by Gasteiger charge is 2.40. The molecule has 3 aliphatic heterocycles. The van der Waals surface area contributed by atoms with Gasteiger partial charge in [0.05, 0.1) is 7.11 Å². The van der Waals surface area contributed by atoms with E-state index in [0.29, 0.717) is 5.56 Å². The third kappa shape index (κ3) is 3.13. The second kappa shape index (κ2) is 6.92. The fourth-order valence-corrected chi connectivity index (χ4v) is 4.90. The number of piperidine rings is 1. The lowest BCUT2D eigenvalue weighted by atomic mass is 9.96. The van der Waals surface area contributed by atoms with Crippen LogP contribution in [0, 0.1) is 0 Å². The van der Waals surface area contributed by atoms with E-state index in [4.69, 9.17) is 4.74 Å². The second-order valence-electron chi connectivity index (χ2n) is 7.56. The summed E-state index contributed by atoms with van der Waals surface area (Å²) in [6.45, 7) is 3.93. The van der Waals surface area contributed by atoms with Gasteiger partial charge in [0.2, 0.25) is 0 Å². The molecule has 6 nitrogen and oxygen atoms in total. The number of piperazine rings is 1. The summed E-state index contributed by atoms with van der Waals surface area (Å²) < 4.78 is 4.90. The van der Waals surface area contributed by atoms with Crippen LogP contribution < -0.4 is 4.90 Å². The molecule has 0 aromatic carbocycles. The number of esters is 1. The summed E-state index contributed by atoms with van der Waals surface area (Å²) in [5.41, 5.74) is 0.566. The van der Waals surface area contributed by atoms with Crippen LogP contribution in [-0.2, 0) is 4.74 Å². The van der Waals surface area contributed by atoms with Gasteiger partial charge < -0.3 is 14.5 Å². The smallest absolute Gasteiger partial charge is 0.341 e. The Bertz CT molecular complexity index is 616. The number of carbonyl (C=O) groups excluding carboxylic acids is 1. The van der Waals surface area contributed by atoms with Crippen LogP contribution in [0.1, 0.15) is 36.0 Å². The Hall–Kier alpha value is -1.66. The number of hydrogen-bond donors (Lipinski definition) is 0. The molecule has 6 heteroatoms. The van der Waals surface area contributed by atoms with E-state index in [-0.39, 0.29) is 5.97 Å². The van der Waals surface area contributed by atoms with Crippen LogP contribution in [0.5, 0.6) is 0 Å². The molecule has 3 fully saturated rings. The normalized spacial score (nSPS) is 30.5. The van der Waals surface area contributed by atoms with E-state index in [9.17, 15) is 4.79 Å². The molecule has 0 aliphatic carbocycles. The van der Waals surface area contributed by atoms with Crippen molar-refractivity contribution >= 4 is 11.8 Å². The van der Waals surface area contributed by atoms with Crippen LogP contribution in [-0.4, -0.2) is 79.2 Å². The highest BCUT2D eigenvalue weighted by atomic mass is 16.5. The quantitative estimate of drug-likeness (QED) is 0.777. The second-order valence-corrected chi connectivity index (χ2v) is 7.56. The Morgan fingerprint density at radius 3 is 2.44 bits per heavy atom. The van der Waals surface area contributed by atoms with Gasteiger partial charge in [-0.1, -0.05) is 0 Å². The maximum absolute atomic E-state index is 12.0. The highest BCUT2D eigenvalue weighted by Crippen LogP contribution is 2.36. The first-order valence-electron chi connectivity index (χ1n) is 9.41. The van der Waals surface area contributed by atoms with E-state index >= 15 is 0 Å². The molecule has 0 N–H and O–H groups in total. The van der Waals surface area contributed by atoms with E-state index < -0.39 is 0 Å². The van der Waals surface area contributed by atoms with Crippen molar-refractivity contribution < 1.29 is 9.53 Å². The first-order chi connectivity index (χ1) is 12.2. The Kier molecular flexibility index (Phi) is 4.65. The van der Waals surface area contributed by atoms with E-state index in [1.165, 1.54) is 32.8 Å². The number of carbonyl (C=O) groups is 1. The van der Waals surface area contributed by atoms with Gasteiger partial charge in [0.25, 0.3) is 0 Å². The maximum atomic E-state index is 12.0. The van der Waals surface area contributed by atoms with Gasteiger partial charge in [0, 0.05) is 50.5 Å². The Morgan fingerprint density at radius 1 is 1.12 bits per heavy atom.